The van der Waals surface area contributed by atoms with Crippen LogP contribution < -0.4 is 5.32 Å². The number of aromatic hydroxyl groups is 2. The van der Waals surface area contributed by atoms with Crippen LogP contribution >= 0.6 is 0 Å². The molecule has 0 atom stereocenters. The Labute approximate surface area is 116 Å². The third kappa shape index (κ3) is 2.25. The van der Waals surface area contributed by atoms with Crippen LogP contribution in [0.25, 0.3) is 16.8 Å². The number of ether oxygens (including phenoxy) is 1. The molecule has 5 nitrogen and oxygen atoms in total. The maximum atomic E-state index is 11.2. The lowest BCUT2D eigenvalue weighted by Gasteiger charge is -2.14. The molecule has 0 saturated carbocycles. The van der Waals surface area contributed by atoms with E-state index >= 15 is 0 Å². The van der Waals surface area contributed by atoms with Crippen LogP contribution in [0.5, 0.6) is 11.5 Å². The number of esters is 1. The molecular formula is C15H15NO4. The molecule has 3 N–H and O–H groups in total. The molecule has 0 aliphatic carbocycles. The summed E-state index contributed by atoms with van der Waals surface area (Å²) in [6.45, 7) is 0. The molecule has 0 bridgehead atoms. The minimum Gasteiger partial charge on any atom is -0.507 e. The van der Waals surface area contributed by atoms with Crippen LogP contribution in [0.1, 0.15) is 5.56 Å². The molecule has 0 amide bonds. The number of phenols is 2. The molecule has 2 rings (SSSR count). The Kier molecular flexibility index (Phi) is 3.79. The van der Waals surface area contributed by atoms with Gasteiger partial charge in [0.15, 0.2) is 0 Å². The van der Waals surface area contributed by atoms with Crippen LogP contribution in [0.4, 0.5) is 5.69 Å². The Morgan fingerprint density at radius 3 is 2.35 bits per heavy atom. The Balaban J connectivity index is 2.72. The number of fused-ring (bicyclic) bond motifs is 1. The van der Waals surface area contributed by atoms with Crippen molar-refractivity contribution < 1.29 is 19.7 Å². The van der Waals surface area contributed by atoms with Crippen molar-refractivity contribution in [3.8, 4) is 11.5 Å². The quantitative estimate of drug-likeness (QED) is 0.346. The van der Waals surface area contributed by atoms with E-state index in [0.717, 1.165) is 0 Å². The average Bonchev–Trinajstić information content (AvgIpc) is 2.49. The fourth-order valence-electron chi connectivity index (χ4n) is 2.06. The molecule has 0 saturated heterocycles. The summed E-state index contributed by atoms with van der Waals surface area (Å²) >= 11 is 0. The predicted octanol–water partition coefficient (Wildman–Crippen LogP) is 2.48. The molecule has 0 spiro atoms. The number of methoxy groups -OCH3 is 1. The number of anilines is 1. The second-order valence-electron chi connectivity index (χ2n) is 4.14. The second kappa shape index (κ2) is 5.52. The molecule has 0 fully saturated rings. The zero-order valence-electron chi connectivity index (χ0n) is 11.2. The van der Waals surface area contributed by atoms with Crippen molar-refractivity contribution in [2.75, 3.05) is 19.5 Å². The third-order valence-electron chi connectivity index (χ3n) is 3.04. The first-order chi connectivity index (χ1) is 9.60. The molecule has 0 radical (unpaired) electrons. The maximum Gasteiger partial charge on any atom is 0.330 e. The van der Waals surface area contributed by atoms with Crippen LogP contribution in [-0.2, 0) is 9.53 Å². The lowest BCUT2D eigenvalue weighted by molar-refractivity contribution is -0.134. The van der Waals surface area contributed by atoms with Gasteiger partial charge in [0.25, 0.3) is 0 Å². The summed E-state index contributed by atoms with van der Waals surface area (Å²) in [5, 5.41) is 24.4. The van der Waals surface area contributed by atoms with Crippen LogP contribution in [0.15, 0.2) is 30.3 Å². The topological polar surface area (TPSA) is 78.8 Å². The van der Waals surface area contributed by atoms with Crippen molar-refractivity contribution in [1.29, 1.82) is 0 Å². The van der Waals surface area contributed by atoms with Gasteiger partial charge in [-0.3, -0.25) is 0 Å². The van der Waals surface area contributed by atoms with Crippen LogP contribution in [0.2, 0.25) is 0 Å². The smallest absolute Gasteiger partial charge is 0.330 e. The van der Waals surface area contributed by atoms with Crippen molar-refractivity contribution in [1.82, 2.24) is 0 Å². The molecule has 5 heteroatoms. The van der Waals surface area contributed by atoms with Gasteiger partial charge in [-0.25, -0.2) is 4.79 Å². The Hall–Kier alpha value is -2.69. The highest BCUT2D eigenvalue weighted by atomic mass is 16.5. The minimum atomic E-state index is -0.542. The van der Waals surface area contributed by atoms with E-state index in [-0.39, 0.29) is 11.5 Å². The first kappa shape index (κ1) is 13.7. The van der Waals surface area contributed by atoms with Crippen molar-refractivity contribution in [2.45, 2.75) is 0 Å². The molecule has 0 unspecified atom stereocenters. The lowest BCUT2D eigenvalue weighted by atomic mass is 10.0. The van der Waals surface area contributed by atoms with Gasteiger partial charge in [0, 0.05) is 29.5 Å². The van der Waals surface area contributed by atoms with E-state index < -0.39 is 5.97 Å². The fourth-order valence-corrected chi connectivity index (χ4v) is 2.06. The number of benzene rings is 2. The monoisotopic (exact) mass is 273 g/mol. The highest BCUT2D eigenvalue weighted by Crippen LogP contribution is 2.43. The summed E-state index contributed by atoms with van der Waals surface area (Å²) in [7, 11) is 2.89. The lowest BCUT2D eigenvalue weighted by Crippen LogP contribution is -1.97. The molecule has 0 heterocycles. The number of hydrogen-bond acceptors (Lipinski definition) is 5. The van der Waals surface area contributed by atoms with Crippen LogP contribution in [-0.4, -0.2) is 30.3 Å². The highest BCUT2D eigenvalue weighted by Gasteiger charge is 2.16. The number of carbonyl (C=O) groups is 1. The van der Waals surface area contributed by atoms with Crippen LogP contribution in [0, 0.1) is 0 Å². The standard InChI is InChI=1S/C15H15NO4/c1-16-13-11(7-8-12(17)20-2)14(18)9-5-3-4-6-10(9)15(13)19/h3-8,16,18-19H,1-2H3/b8-7+. The van der Waals surface area contributed by atoms with Gasteiger partial charge in [-0.15, -0.1) is 0 Å². The summed E-state index contributed by atoms with van der Waals surface area (Å²) in [4.78, 5) is 11.2. The van der Waals surface area contributed by atoms with Gasteiger partial charge in [0.1, 0.15) is 11.5 Å². The number of hydrogen-bond donors (Lipinski definition) is 3. The molecular weight excluding hydrogens is 258 g/mol. The average molecular weight is 273 g/mol. The molecule has 0 aliphatic heterocycles. The van der Waals surface area contributed by atoms with E-state index in [1.54, 1.807) is 31.3 Å². The summed E-state index contributed by atoms with van der Waals surface area (Å²) in [5.74, 6) is -0.535. The van der Waals surface area contributed by atoms with E-state index in [4.69, 9.17) is 0 Å². The SMILES string of the molecule is CNc1c(/C=C/C(=O)OC)c(O)c2ccccc2c1O. The molecule has 20 heavy (non-hydrogen) atoms. The number of nitrogens with one attached hydrogen (secondary N) is 1. The van der Waals surface area contributed by atoms with Gasteiger partial charge >= 0.3 is 5.97 Å². The van der Waals surface area contributed by atoms with E-state index in [0.29, 0.717) is 22.0 Å². The van der Waals surface area contributed by atoms with E-state index in [2.05, 4.69) is 10.1 Å². The van der Waals surface area contributed by atoms with Gasteiger partial charge in [-0.1, -0.05) is 24.3 Å². The van der Waals surface area contributed by atoms with Crippen LogP contribution in [0.3, 0.4) is 0 Å². The first-order valence-corrected chi connectivity index (χ1v) is 6.00. The Bertz CT molecular complexity index is 692. The second-order valence-corrected chi connectivity index (χ2v) is 4.14. The molecule has 104 valence electrons. The summed E-state index contributed by atoms with van der Waals surface area (Å²) in [6.07, 6.45) is 2.59. The van der Waals surface area contributed by atoms with Gasteiger partial charge < -0.3 is 20.3 Å². The molecule has 2 aromatic carbocycles. The van der Waals surface area contributed by atoms with E-state index in [1.165, 1.54) is 19.3 Å². The molecule has 2 aromatic rings. The van der Waals surface area contributed by atoms with Crippen molar-refractivity contribution >= 4 is 28.5 Å². The normalized spacial score (nSPS) is 10.9. The zero-order chi connectivity index (χ0) is 14.7. The maximum absolute atomic E-state index is 11.2. The number of phenolic OH excluding ortho intramolecular Hbond substituents is 2. The zero-order valence-corrected chi connectivity index (χ0v) is 11.2. The van der Waals surface area contributed by atoms with Gasteiger partial charge in [-0.05, 0) is 6.08 Å². The largest absolute Gasteiger partial charge is 0.507 e. The first-order valence-electron chi connectivity index (χ1n) is 6.00. The van der Waals surface area contributed by atoms with Crippen molar-refractivity contribution in [3.05, 3.63) is 35.9 Å². The minimum absolute atomic E-state index is 0.0112. The summed E-state index contributed by atoms with van der Waals surface area (Å²) in [6, 6.07) is 6.93. The van der Waals surface area contributed by atoms with Gasteiger partial charge in [-0.2, -0.15) is 0 Å². The van der Waals surface area contributed by atoms with E-state index in [1.807, 2.05) is 0 Å². The molecule has 0 aromatic heterocycles. The van der Waals surface area contributed by atoms with E-state index in [9.17, 15) is 15.0 Å². The number of carbonyl (C=O) groups excluding carboxylic acids is 1. The summed E-state index contributed by atoms with van der Waals surface area (Å²) in [5.41, 5.74) is 0.676. The highest BCUT2D eigenvalue weighted by molar-refractivity contribution is 6.03. The Morgan fingerprint density at radius 2 is 1.80 bits per heavy atom. The fraction of sp³-hybridized carbons (Fsp3) is 0.133. The summed E-state index contributed by atoms with van der Waals surface area (Å²) < 4.78 is 4.51. The molecule has 0 aliphatic rings. The van der Waals surface area contributed by atoms with Gasteiger partial charge in [0.2, 0.25) is 0 Å². The van der Waals surface area contributed by atoms with Crippen molar-refractivity contribution in [2.24, 2.45) is 0 Å². The van der Waals surface area contributed by atoms with Gasteiger partial charge in [0.05, 0.1) is 12.8 Å². The van der Waals surface area contributed by atoms with Crippen molar-refractivity contribution in [3.63, 3.8) is 0 Å². The number of rotatable bonds is 3. The Morgan fingerprint density at radius 1 is 1.20 bits per heavy atom. The third-order valence-corrected chi connectivity index (χ3v) is 3.04. The predicted molar refractivity (Wildman–Crippen MR) is 77.9 cm³/mol.